The Labute approximate surface area is 135 Å². The topological polar surface area (TPSA) is 25.2 Å². The van der Waals surface area contributed by atoms with E-state index in [1.54, 1.807) is 6.20 Å². The molecule has 3 aromatic carbocycles. The van der Waals surface area contributed by atoms with Crippen molar-refractivity contribution in [2.24, 2.45) is 4.99 Å². The van der Waals surface area contributed by atoms with E-state index in [1.807, 2.05) is 24.5 Å². The van der Waals surface area contributed by atoms with E-state index in [0.717, 1.165) is 5.56 Å². The highest BCUT2D eigenvalue weighted by Crippen LogP contribution is 2.27. The van der Waals surface area contributed by atoms with Gasteiger partial charge >= 0.3 is 0 Å². The number of hydrogen-bond acceptors (Lipinski definition) is 2. The standard InChI is InChI=1S/C21H16N2/c1-3-9-19-17(7-1)12-18-8-2-4-10-20(18)21(19)15-23-14-16-6-5-11-22-13-16/h1-13,15H,14H2. The van der Waals surface area contributed by atoms with Crippen LogP contribution in [0.15, 0.2) is 84.1 Å². The fraction of sp³-hybridized carbons (Fsp3) is 0.0476. The molecule has 0 atom stereocenters. The Morgan fingerprint density at radius 1 is 0.826 bits per heavy atom. The van der Waals surface area contributed by atoms with E-state index < -0.39 is 0 Å². The zero-order valence-electron chi connectivity index (χ0n) is 12.7. The van der Waals surface area contributed by atoms with Gasteiger partial charge in [0.2, 0.25) is 0 Å². The molecule has 0 radical (unpaired) electrons. The summed E-state index contributed by atoms with van der Waals surface area (Å²) in [6.07, 6.45) is 5.64. The Balaban J connectivity index is 1.83. The lowest BCUT2D eigenvalue weighted by Gasteiger charge is -2.07. The SMILES string of the molecule is C(=NCc1cccnc1)c1c2ccccc2cc2ccccc12. The highest BCUT2D eigenvalue weighted by Gasteiger charge is 2.05. The maximum atomic E-state index is 4.65. The van der Waals surface area contributed by atoms with Crippen LogP contribution in [0.1, 0.15) is 11.1 Å². The maximum Gasteiger partial charge on any atom is 0.0654 e. The molecule has 0 unspecified atom stereocenters. The van der Waals surface area contributed by atoms with Gasteiger partial charge in [0, 0.05) is 24.2 Å². The van der Waals surface area contributed by atoms with Crippen molar-refractivity contribution < 1.29 is 0 Å². The first kappa shape index (κ1) is 13.6. The molecule has 1 aromatic heterocycles. The molecule has 0 bridgehead atoms. The van der Waals surface area contributed by atoms with Crippen molar-refractivity contribution in [3.63, 3.8) is 0 Å². The second-order valence-corrected chi connectivity index (χ2v) is 5.56. The van der Waals surface area contributed by atoms with Crippen LogP contribution >= 0.6 is 0 Å². The molecule has 0 amide bonds. The van der Waals surface area contributed by atoms with Crippen molar-refractivity contribution >= 4 is 27.8 Å². The zero-order chi connectivity index (χ0) is 15.5. The summed E-state index contributed by atoms with van der Waals surface area (Å²) in [6, 6.07) is 23.2. The lowest BCUT2D eigenvalue weighted by atomic mass is 9.97. The van der Waals surface area contributed by atoms with Crippen LogP contribution in [0.2, 0.25) is 0 Å². The van der Waals surface area contributed by atoms with Gasteiger partial charge in [-0.2, -0.15) is 0 Å². The molecule has 4 rings (SSSR count). The number of fused-ring (bicyclic) bond motifs is 2. The fourth-order valence-electron chi connectivity index (χ4n) is 2.92. The van der Waals surface area contributed by atoms with E-state index in [4.69, 9.17) is 0 Å². The third-order valence-electron chi connectivity index (χ3n) is 4.03. The van der Waals surface area contributed by atoms with Crippen LogP contribution in [0.25, 0.3) is 21.5 Å². The zero-order valence-corrected chi connectivity index (χ0v) is 12.7. The highest BCUT2D eigenvalue weighted by atomic mass is 14.7. The average molecular weight is 296 g/mol. The Morgan fingerprint density at radius 2 is 1.52 bits per heavy atom. The predicted octanol–water partition coefficient (Wildman–Crippen LogP) is 5.01. The van der Waals surface area contributed by atoms with Gasteiger partial charge in [0.05, 0.1) is 6.54 Å². The summed E-state index contributed by atoms with van der Waals surface area (Å²) >= 11 is 0. The number of benzene rings is 3. The number of aliphatic imine (C=N–C) groups is 1. The Bertz CT molecular complexity index is 934. The van der Waals surface area contributed by atoms with Gasteiger partial charge in [-0.05, 0) is 39.2 Å². The largest absolute Gasteiger partial charge is 0.288 e. The second-order valence-electron chi connectivity index (χ2n) is 5.56. The van der Waals surface area contributed by atoms with Gasteiger partial charge in [0.25, 0.3) is 0 Å². The summed E-state index contributed by atoms with van der Waals surface area (Å²) in [5.41, 5.74) is 2.30. The van der Waals surface area contributed by atoms with E-state index >= 15 is 0 Å². The summed E-state index contributed by atoms with van der Waals surface area (Å²) < 4.78 is 0. The van der Waals surface area contributed by atoms with Crippen molar-refractivity contribution in [2.45, 2.75) is 6.54 Å². The molecule has 0 saturated heterocycles. The highest BCUT2D eigenvalue weighted by molar-refractivity contribution is 6.13. The average Bonchev–Trinajstić information content (AvgIpc) is 2.62. The molecule has 1 heterocycles. The molecule has 0 spiro atoms. The molecule has 0 aliphatic heterocycles. The van der Waals surface area contributed by atoms with Crippen LogP contribution in [0.3, 0.4) is 0 Å². The number of rotatable bonds is 3. The van der Waals surface area contributed by atoms with Gasteiger partial charge in [-0.15, -0.1) is 0 Å². The molecule has 2 heteroatoms. The van der Waals surface area contributed by atoms with E-state index in [2.05, 4.69) is 64.6 Å². The van der Waals surface area contributed by atoms with E-state index in [0.29, 0.717) is 6.54 Å². The predicted molar refractivity (Wildman–Crippen MR) is 97.0 cm³/mol. The van der Waals surface area contributed by atoms with Gasteiger partial charge in [0.1, 0.15) is 0 Å². The number of pyridine rings is 1. The number of hydrogen-bond donors (Lipinski definition) is 0. The first-order valence-corrected chi connectivity index (χ1v) is 7.71. The first-order valence-electron chi connectivity index (χ1n) is 7.71. The quantitative estimate of drug-likeness (QED) is 0.385. The summed E-state index contributed by atoms with van der Waals surface area (Å²) in [4.78, 5) is 8.78. The van der Waals surface area contributed by atoms with Crippen molar-refractivity contribution in [1.29, 1.82) is 0 Å². The van der Waals surface area contributed by atoms with Gasteiger partial charge in [-0.25, -0.2) is 0 Å². The van der Waals surface area contributed by atoms with E-state index in [-0.39, 0.29) is 0 Å². The third kappa shape index (κ3) is 2.71. The van der Waals surface area contributed by atoms with Gasteiger partial charge in [-0.3, -0.25) is 9.98 Å². The normalized spacial score (nSPS) is 11.5. The molecule has 0 fully saturated rings. The Hall–Kier alpha value is -3.00. The van der Waals surface area contributed by atoms with Crippen LogP contribution in [0.4, 0.5) is 0 Å². The van der Waals surface area contributed by atoms with E-state index in [1.165, 1.54) is 27.1 Å². The summed E-state index contributed by atoms with van der Waals surface area (Å²) in [7, 11) is 0. The number of nitrogens with zero attached hydrogens (tertiary/aromatic N) is 2. The minimum atomic E-state index is 0.644. The van der Waals surface area contributed by atoms with Crippen molar-refractivity contribution in [3.8, 4) is 0 Å². The molecule has 0 aliphatic rings. The van der Waals surface area contributed by atoms with Gasteiger partial charge in [-0.1, -0.05) is 54.6 Å². The minimum Gasteiger partial charge on any atom is -0.288 e. The van der Waals surface area contributed by atoms with Crippen molar-refractivity contribution in [1.82, 2.24) is 4.98 Å². The summed E-state index contributed by atoms with van der Waals surface area (Å²) in [5.74, 6) is 0. The van der Waals surface area contributed by atoms with Crippen LogP contribution in [-0.4, -0.2) is 11.2 Å². The van der Waals surface area contributed by atoms with Crippen molar-refractivity contribution in [2.75, 3.05) is 0 Å². The van der Waals surface area contributed by atoms with Gasteiger partial charge < -0.3 is 0 Å². The molecule has 23 heavy (non-hydrogen) atoms. The smallest absolute Gasteiger partial charge is 0.0654 e. The molecule has 0 aliphatic carbocycles. The van der Waals surface area contributed by atoms with Crippen LogP contribution in [0, 0.1) is 0 Å². The van der Waals surface area contributed by atoms with Crippen LogP contribution < -0.4 is 0 Å². The van der Waals surface area contributed by atoms with Crippen molar-refractivity contribution in [3.05, 3.63) is 90.3 Å². The molecule has 4 aromatic rings. The molecular formula is C21H16N2. The van der Waals surface area contributed by atoms with E-state index in [9.17, 15) is 0 Å². The van der Waals surface area contributed by atoms with Crippen LogP contribution in [-0.2, 0) is 6.54 Å². The van der Waals surface area contributed by atoms with Gasteiger partial charge in [0.15, 0.2) is 0 Å². The monoisotopic (exact) mass is 296 g/mol. The lowest BCUT2D eigenvalue weighted by Crippen LogP contribution is -1.90. The Kier molecular flexibility index (Phi) is 3.57. The Morgan fingerprint density at radius 3 is 2.17 bits per heavy atom. The molecule has 0 saturated carbocycles. The number of aromatic nitrogens is 1. The molecule has 2 nitrogen and oxygen atoms in total. The molecular weight excluding hydrogens is 280 g/mol. The fourth-order valence-corrected chi connectivity index (χ4v) is 2.92. The molecule has 110 valence electrons. The third-order valence-corrected chi connectivity index (χ3v) is 4.03. The first-order chi connectivity index (χ1) is 11.4. The maximum absolute atomic E-state index is 4.65. The summed E-state index contributed by atoms with van der Waals surface area (Å²) in [6.45, 7) is 0.644. The summed E-state index contributed by atoms with van der Waals surface area (Å²) in [5, 5.41) is 4.96. The van der Waals surface area contributed by atoms with Crippen LogP contribution in [0.5, 0.6) is 0 Å². The minimum absolute atomic E-state index is 0.644. The second kappa shape index (κ2) is 6.01. The molecule has 0 N–H and O–H groups in total. The lowest BCUT2D eigenvalue weighted by molar-refractivity contribution is 1.05.